The van der Waals surface area contributed by atoms with Crippen LogP contribution in [0.3, 0.4) is 0 Å². The molecule has 0 unspecified atom stereocenters. The van der Waals surface area contributed by atoms with Crippen LogP contribution in [0.25, 0.3) is 0 Å². The van der Waals surface area contributed by atoms with Crippen LogP contribution in [0.4, 0.5) is 5.69 Å². The molecule has 1 N–H and O–H groups in total. The fraction of sp³-hybridized carbons (Fsp3) is 0.368. The molecular formula is C19H25NO. The highest BCUT2D eigenvalue weighted by Gasteiger charge is 2.04. The zero-order chi connectivity index (χ0) is 15.2. The van der Waals surface area contributed by atoms with Crippen LogP contribution in [0, 0.1) is 13.8 Å². The van der Waals surface area contributed by atoms with Crippen LogP contribution in [-0.2, 0) is 0 Å². The molecule has 0 saturated heterocycles. The SMILES string of the molecule is Cc1ccc(NCCOc2cc(C(C)C)ccc2C)cc1. The monoisotopic (exact) mass is 283 g/mol. The number of hydrogen-bond acceptors (Lipinski definition) is 2. The van der Waals surface area contributed by atoms with E-state index in [2.05, 4.69) is 75.5 Å². The van der Waals surface area contributed by atoms with Crippen molar-refractivity contribution in [3.8, 4) is 5.75 Å². The van der Waals surface area contributed by atoms with Gasteiger partial charge in [-0.1, -0.05) is 43.7 Å². The molecule has 0 bridgehead atoms. The van der Waals surface area contributed by atoms with Gasteiger partial charge in [0.2, 0.25) is 0 Å². The van der Waals surface area contributed by atoms with Crippen molar-refractivity contribution >= 4 is 5.69 Å². The van der Waals surface area contributed by atoms with Gasteiger partial charge >= 0.3 is 0 Å². The molecule has 0 spiro atoms. The van der Waals surface area contributed by atoms with Crippen LogP contribution in [0.1, 0.15) is 36.5 Å². The molecule has 0 aliphatic carbocycles. The predicted octanol–water partition coefficient (Wildman–Crippen LogP) is 4.92. The number of anilines is 1. The van der Waals surface area contributed by atoms with E-state index in [1.165, 1.54) is 16.7 Å². The average Bonchev–Trinajstić information content (AvgIpc) is 2.47. The third-order valence-corrected chi connectivity index (χ3v) is 3.62. The summed E-state index contributed by atoms with van der Waals surface area (Å²) in [5.41, 5.74) is 4.92. The van der Waals surface area contributed by atoms with E-state index < -0.39 is 0 Å². The molecule has 0 heterocycles. The molecule has 0 amide bonds. The Morgan fingerprint density at radius 3 is 2.38 bits per heavy atom. The third-order valence-electron chi connectivity index (χ3n) is 3.62. The molecular weight excluding hydrogens is 258 g/mol. The van der Waals surface area contributed by atoms with Gasteiger partial charge in [0, 0.05) is 12.2 Å². The van der Waals surface area contributed by atoms with E-state index in [1.54, 1.807) is 0 Å². The van der Waals surface area contributed by atoms with Gasteiger partial charge < -0.3 is 10.1 Å². The standard InChI is InChI=1S/C19H25NO/c1-14(2)17-8-7-16(4)19(13-17)21-12-11-20-18-9-5-15(3)6-10-18/h5-10,13-14,20H,11-12H2,1-4H3. The van der Waals surface area contributed by atoms with Crippen molar-refractivity contribution in [1.82, 2.24) is 0 Å². The molecule has 2 aromatic rings. The Balaban J connectivity index is 1.85. The molecule has 112 valence electrons. The lowest BCUT2D eigenvalue weighted by molar-refractivity contribution is 0.330. The van der Waals surface area contributed by atoms with E-state index in [9.17, 15) is 0 Å². The number of hydrogen-bond donors (Lipinski definition) is 1. The molecule has 0 radical (unpaired) electrons. The van der Waals surface area contributed by atoms with Crippen LogP contribution >= 0.6 is 0 Å². The van der Waals surface area contributed by atoms with Crippen molar-refractivity contribution in [2.45, 2.75) is 33.6 Å². The van der Waals surface area contributed by atoms with Gasteiger partial charge in [-0.3, -0.25) is 0 Å². The van der Waals surface area contributed by atoms with Crippen molar-refractivity contribution in [1.29, 1.82) is 0 Å². The summed E-state index contributed by atoms with van der Waals surface area (Å²) >= 11 is 0. The van der Waals surface area contributed by atoms with Crippen molar-refractivity contribution in [2.24, 2.45) is 0 Å². The fourth-order valence-electron chi connectivity index (χ4n) is 2.16. The van der Waals surface area contributed by atoms with Gasteiger partial charge in [0.25, 0.3) is 0 Å². The van der Waals surface area contributed by atoms with Crippen molar-refractivity contribution in [3.05, 3.63) is 59.2 Å². The minimum atomic E-state index is 0.527. The molecule has 2 nitrogen and oxygen atoms in total. The van der Waals surface area contributed by atoms with Crippen molar-refractivity contribution < 1.29 is 4.74 Å². The molecule has 0 aliphatic rings. The topological polar surface area (TPSA) is 21.3 Å². The lowest BCUT2D eigenvalue weighted by Crippen LogP contribution is -2.12. The summed E-state index contributed by atoms with van der Waals surface area (Å²) < 4.78 is 5.91. The Kier molecular flexibility index (Phi) is 5.26. The van der Waals surface area contributed by atoms with Gasteiger partial charge in [0.05, 0.1) is 0 Å². The van der Waals surface area contributed by atoms with E-state index in [0.717, 1.165) is 18.0 Å². The summed E-state index contributed by atoms with van der Waals surface area (Å²) in [4.78, 5) is 0. The van der Waals surface area contributed by atoms with E-state index in [-0.39, 0.29) is 0 Å². The maximum absolute atomic E-state index is 5.91. The van der Waals surface area contributed by atoms with Crippen LogP contribution in [-0.4, -0.2) is 13.2 Å². The normalized spacial score (nSPS) is 10.7. The first-order chi connectivity index (χ1) is 10.1. The molecule has 2 aromatic carbocycles. The van der Waals surface area contributed by atoms with Crippen LogP contribution < -0.4 is 10.1 Å². The lowest BCUT2D eigenvalue weighted by Gasteiger charge is -2.13. The maximum atomic E-state index is 5.91. The van der Waals surface area contributed by atoms with E-state index in [0.29, 0.717) is 12.5 Å². The van der Waals surface area contributed by atoms with E-state index in [4.69, 9.17) is 4.74 Å². The minimum Gasteiger partial charge on any atom is -0.491 e. The quantitative estimate of drug-likeness (QED) is 0.760. The summed E-state index contributed by atoms with van der Waals surface area (Å²) in [5, 5.41) is 3.37. The summed E-state index contributed by atoms with van der Waals surface area (Å²) in [5.74, 6) is 1.52. The Morgan fingerprint density at radius 2 is 1.71 bits per heavy atom. The number of ether oxygens (including phenoxy) is 1. The van der Waals surface area contributed by atoms with Crippen molar-refractivity contribution in [2.75, 3.05) is 18.5 Å². The Morgan fingerprint density at radius 1 is 1.00 bits per heavy atom. The summed E-state index contributed by atoms with van der Waals surface area (Å²) in [6.07, 6.45) is 0. The first-order valence-corrected chi connectivity index (χ1v) is 7.60. The lowest BCUT2D eigenvalue weighted by atomic mass is 10.0. The molecule has 21 heavy (non-hydrogen) atoms. The van der Waals surface area contributed by atoms with Gasteiger partial charge in [0.15, 0.2) is 0 Å². The Hall–Kier alpha value is -1.96. The average molecular weight is 283 g/mol. The zero-order valence-corrected chi connectivity index (χ0v) is 13.4. The van der Waals surface area contributed by atoms with Crippen LogP contribution in [0.5, 0.6) is 5.75 Å². The first-order valence-electron chi connectivity index (χ1n) is 7.60. The van der Waals surface area contributed by atoms with E-state index >= 15 is 0 Å². The molecule has 2 heteroatoms. The molecule has 0 aromatic heterocycles. The number of benzene rings is 2. The highest BCUT2D eigenvalue weighted by atomic mass is 16.5. The highest BCUT2D eigenvalue weighted by Crippen LogP contribution is 2.24. The number of aryl methyl sites for hydroxylation is 2. The largest absolute Gasteiger partial charge is 0.491 e. The van der Waals surface area contributed by atoms with Crippen molar-refractivity contribution in [3.63, 3.8) is 0 Å². The van der Waals surface area contributed by atoms with Crippen LogP contribution in [0.15, 0.2) is 42.5 Å². The highest BCUT2D eigenvalue weighted by molar-refractivity contribution is 5.44. The van der Waals surface area contributed by atoms with Gasteiger partial charge in [-0.25, -0.2) is 0 Å². The molecule has 0 aliphatic heterocycles. The van der Waals surface area contributed by atoms with Gasteiger partial charge in [-0.15, -0.1) is 0 Å². The smallest absolute Gasteiger partial charge is 0.122 e. The van der Waals surface area contributed by atoms with Gasteiger partial charge in [-0.05, 0) is 49.1 Å². The summed E-state index contributed by atoms with van der Waals surface area (Å²) in [6, 6.07) is 14.9. The molecule has 2 rings (SSSR count). The third kappa shape index (κ3) is 4.52. The second-order valence-corrected chi connectivity index (χ2v) is 5.82. The fourth-order valence-corrected chi connectivity index (χ4v) is 2.16. The van der Waals surface area contributed by atoms with E-state index in [1.807, 2.05) is 0 Å². The van der Waals surface area contributed by atoms with Gasteiger partial charge in [-0.2, -0.15) is 0 Å². The maximum Gasteiger partial charge on any atom is 0.122 e. The first kappa shape index (κ1) is 15.4. The Bertz CT molecular complexity index is 573. The molecule has 0 atom stereocenters. The van der Waals surface area contributed by atoms with Crippen LogP contribution in [0.2, 0.25) is 0 Å². The van der Waals surface area contributed by atoms with Gasteiger partial charge in [0.1, 0.15) is 12.4 Å². The molecule has 0 saturated carbocycles. The summed E-state index contributed by atoms with van der Waals surface area (Å²) in [6.45, 7) is 10.1. The number of nitrogens with one attached hydrogen (secondary N) is 1. The second-order valence-electron chi connectivity index (χ2n) is 5.82. The zero-order valence-electron chi connectivity index (χ0n) is 13.4. The molecule has 0 fully saturated rings. The predicted molar refractivity (Wildman–Crippen MR) is 90.4 cm³/mol. The summed E-state index contributed by atoms with van der Waals surface area (Å²) in [7, 11) is 0. The Labute approximate surface area is 128 Å². The second kappa shape index (κ2) is 7.16. The minimum absolute atomic E-state index is 0.527. The number of rotatable bonds is 6.